The lowest BCUT2D eigenvalue weighted by molar-refractivity contribution is -0.125. The summed E-state index contributed by atoms with van der Waals surface area (Å²) in [6.07, 6.45) is 0.581. The van der Waals surface area contributed by atoms with Crippen molar-refractivity contribution in [3.8, 4) is 0 Å². The monoisotopic (exact) mass is 434 g/mol. The van der Waals surface area contributed by atoms with Gasteiger partial charge < -0.3 is 4.84 Å². The normalized spacial score (nSPS) is 32.7. The van der Waals surface area contributed by atoms with Crippen LogP contribution in [0.4, 0.5) is 5.69 Å². The van der Waals surface area contributed by atoms with E-state index in [1.165, 1.54) is 11.8 Å². The molecule has 0 spiro atoms. The molecule has 6 unspecified atom stereocenters. The summed E-state index contributed by atoms with van der Waals surface area (Å²) in [7, 11) is 0. The minimum absolute atomic E-state index is 0.00420. The lowest BCUT2D eigenvalue weighted by atomic mass is 9.71. The second kappa shape index (κ2) is 6.50. The molecule has 6 rings (SSSR count). The van der Waals surface area contributed by atoms with Crippen LogP contribution in [0, 0.1) is 29.6 Å². The molecule has 3 fully saturated rings. The number of halogens is 1. The third-order valence-electron chi connectivity index (χ3n) is 7.37. The van der Waals surface area contributed by atoms with Gasteiger partial charge in [0.25, 0.3) is 0 Å². The fourth-order valence-electron chi connectivity index (χ4n) is 6.12. The van der Waals surface area contributed by atoms with E-state index in [0.717, 1.165) is 17.7 Å². The van der Waals surface area contributed by atoms with Gasteiger partial charge in [0.1, 0.15) is 6.10 Å². The van der Waals surface area contributed by atoms with Crippen LogP contribution in [-0.2, 0) is 14.4 Å². The number of benzene rings is 2. The molecule has 0 radical (unpaired) electrons. The quantitative estimate of drug-likeness (QED) is 0.545. The summed E-state index contributed by atoms with van der Waals surface area (Å²) in [4.78, 5) is 45.4. The average Bonchev–Trinajstić information content (AvgIpc) is 3.49. The van der Waals surface area contributed by atoms with Crippen LogP contribution >= 0.6 is 11.6 Å². The van der Waals surface area contributed by atoms with Gasteiger partial charge in [-0.05, 0) is 49.6 Å². The summed E-state index contributed by atoms with van der Waals surface area (Å²) in [5, 5.41) is 4.94. The minimum Gasteiger partial charge on any atom is -0.391 e. The minimum atomic E-state index is -0.382. The number of carbonyl (C=O) groups is 3. The molecular formula is C24H19ClN2O4. The smallest absolute Gasteiger partial charge is 0.238 e. The zero-order chi connectivity index (χ0) is 21.4. The van der Waals surface area contributed by atoms with Crippen LogP contribution in [0.2, 0.25) is 5.02 Å². The van der Waals surface area contributed by atoms with Crippen molar-refractivity contribution in [1.29, 1.82) is 0 Å². The van der Waals surface area contributed by atoms with E-state index in [0.29, 0.717) is 16.3 Å². The molecule has 2 aromatic carbocycles. The molecule has 2 aliphatic carbocycles. The Morgan fingerprint density at radius 2 is 1.68 bits per heavy atom. The van der Waals surface area contributed by atoms with E-state index in [1.807, 2.05) is 24.3 Å². The van der Waals surface area contributed by atoms with Gasteiger partial charge in [0, 0.05) is 28.0 Å². The van der Waals surface area contributed by atoms with Crippen molar-refractivity contribution in [2.45, 2.75) is 19.4 Å². The molecule has 0 aromatic heterocycles. The molecule has 2 saturated carbocycles. The third-order valence-corrected chi connectivity index (χ3v) is 7.70. The van der Waals surface area contributed by atoms with Crippen molar-refractivity contribution in [2.75, 3.05) is 4.90 Å². The molecule has 2 bridgehead atoms. The van der Waals surface area contributed by atoms with Crippen LogP contribution in [0.25, 0.3) is 0 Å². The van der Waals surface area contributed by atoms with Crippen molar-refractivity contribution in [3.63, 3.8) is 0 Å². The molecular weight excluding hydrogens is 416 g/mol. The van der Waals surface area contributed by atoms with Crippen LogP contribution in [0.5, 0.6) is 0 Å². The number of fused-ring (bicyclic) bond motifs is 8. The Kier molecular flexibility index (Phi) is 3.93. The van der Waals surface area contributed by atoms with Crippen molar-refractivity contribution in [1.82, 2.24) is 0 Å². The number of imide groups is 1. The maximum atomic E-state index is 13.4. The first-order valence-electron chi connectivity index (χ1n) is 10.4. The molecule has 4 aliphatic rings. The predicted octanol–water partition coefficient (Wildman–Crippen LogP) is 3.72. The number of hydrogen-bond acceptors (Lipinski definition) is 5. The molecule has 2 aliphatic heterocycles. The largest absolute Gasteiger partial charge is 0.391 e. The second-order valence-electron chi connectivity index (χ2n) is 8.78. The highest BCUT2D eigenvalue weighted by Gasteiger charge is 2.70. The summed E-state index contributed by atoms with van der Waals surface area (Å²) in [5.41, 5.74) is 2.67. The summed E-state index contributed by atoms with van der Waals surface area (Å²) in [5.74, 6) is -1.24. The number of ketones is 1. The van der Waals surface area contributed by atoms with Gasteiger partial charge >= 0.3 is 0 Å². The zero-order valence-electron chi connectivity index (χ0n) is 16.7. The molecule has 156 valence electrons. The Bertz CT molecular complexity index is 1170. The number of anilines is 1. The van der Waals surface area contributed by atoms with Crippen LogP contribution in [0.1, 0.15) is 29.3 Å². The summed E-state index contributed by atoms with van der Waals surface area (Å²) in [6, 6.07) is 14.2. The zero-order valence-corrected chi connectivity index (χ0v) is 17.5. The lowest BCUT2D eigenvalue weighted by Crippen LogP contribution is -2.41. The Balaban J connectivity index is 1.34. The first-order valence-corrected chi connectivity index (χ1v) is 10.8. The first-order chi connectivity index (χ1) is 15.0. The van der Waals surface area contributed by atoms with Gasteiger partial charge in [-0.2, -0.15) is 0 Å². The van der Waals surface area contributed by atoms with Gasteiger partial charge in [0.05, 0.1) is 23.2 Å². The fraction of sp³-hybridized carbons (Fsp3) is 0.333. The van der Waals surface area contributed by atoms with E-state index in [4.69, 9.17) is 16.4 Å². The molecule has 31 heavy (non-hydrogen) atoms. The number of amides is 2. The topological polar surface area (TPSA) is 76.0 Å². The summed E-state index contributed by atoms with van der Waals surface area (Å²) in [6.45, 7) is 1.49. The molecule has 7 heteroatoms. The number of rotatable bonds is 3. The Labute approximate surface area is 183 Å². The number of nitrogens with zero attached hydrogens (tertiary/aromatic N) is 2. The van der Waals surface area contributed by atoms with Gasteiger partial charge in [-0.3, -0.25) is 19.3 Å². The second-order valence-corrected chi connectivity index (χ2v) is 9.19. The van der Waals surface area contributed by atoms with E-state index >= 15 is 0 Å². The van der Waals surface area contributed by atoms with Gasteiger partial charge in [-0.1, -0.05) is 35.0 Å². The Morgan fingerprint density at radius 3 is 2.35 bits per heavy atom. The lowest BCUT2D eigenvalue weighted by Gasteiger charge is -2.30. The number of oxime groups is 1. The Morgan fingerprint density at radius 1 is 1.00 bits per heavy atom. The number of Topliss-reactive ketones (excluding diaryl/α,β-unsaturated/α-hetero) is 1. The van der Waals surface area contributed by atoms with E-state index in [2.05, 4.69) is 5.16 Å². The Hall–Kier alpha value is -2.99. The van der Waals surface area contributed by atoms with Gasteiger partial charge in [-0.15, -0.1) is 0 Å². The summed E-state index contributed by atoms with van der Waals surface area (Å²) >= 11 is 6.41. The molecule has 2 aromatic rings. The highest BCUT2D eigenvalue weighted by molar-refractivity contribution is 6.34. The van der Waals surface area contributed by atoms with Crippen molar-refractivity contribution >= 4 is 40.6 Å². The highest BCUT2D eigenvalue weighted by Crippen LogP contribution is 2.62. The van der Waals surface area contributed by atoms with E-state index in [1.54, 1.807) is 24.3 Å². The van der Waals surface area contributed by atoms with E-state index < -0.39 is 0 Å². The van der Waals surface area contributed by atoms with Crippen LogP contribution in [-0.4, -0.2) is 29.4 Å². The molecule has 2 heterocycles. The van der Waals surface area contributed by atoms with Gasteiger partial charge in [0.2, 0.25) is 11.8 Å². The standard InChI is InChI=1S/C24H19ClN2O4/c1-11(28)12-6-8-13(9-7-12)27-23(29)18-15-10-16(19(18)24(27)30)22-20(15)21(26-31-22)14-4-2-3-5-17(14)25/h2-9,15-16,18-20,22H,10H2,1H3. The molecule has 0 N–H and O–H groups in total. The van der Waals surface area contributed by atoms with Crippen molar-refractivity contribution in [3.05, 3.63) is 64.7 Å². The third kappa shape index (κ3) is 2.45. The molecule has 1 saturated heterocycles. The molecule has 6 atom stereocenters. The molecule has 6 nitrogen and oxygen atoms in total. The fourth-order valence-corrected chi connectivity index (χ4v) is 6.35. The van der Waals surface area contributed by atoms with E-state index in [9.17, 15) is 14.4 Å². The van der Waals surface area contributed by atoms with Gasteiger partial charge in [0.15, 0.2) is 5.78 Å². The predicted molar refractivity (Wildman–Crippen MR) is 114 cm³/mol. The first kappa shape index (κ1) is 18.8. The average molecular weight is 435 g/mol. The number of hydrogen-bond donors (Lipinski definition) is 0. The maximum absolute atomic E-state index is 13.4. The van der Waals surface area contributed by atoms with Gasteiger partial charge in [-0.25, -0.2) is 0 Å². The van der Waals surface area contributed by atoms with Crippen LogP contribution in [0.15, 0.2) is 53.7 Å². The van der Waals surface area contributed by atoms with Crippen LogP contribution < -0.4 is 4.90 Å². The maximum Gasteiger partial charge on any atom is 0.238 e. The van der Waals surface area contributed by atoms with Crippen LogP contribution in [0.3, 0.4) is 0 Å². The van der Waals surface area contributed by atoms with Crippen molar-refractivity contribution in [2.24, 2.45) is 34.7 Å². The summed E-state index contributed by atoms with van der Waals surface area (Å²) < 4.78 is 0. The number of carbonyl (C=O) groups excluding carboxylic acids is 3. The SMILES string of the molecule is CC(=O)c1ccc(N2C(=O)C3C4CC(C5C(c6ccccc6Cl)=NOC45)C3C2=O)cc1. The van der Waals surface area contributed by atoms with E-state index in [-0.39, 0.29) is 53.3 Å². The van der Waals surface area contributed by atoms with Crippen molar-refractivity contribution < 1.29 is 19.2 Å². The highest BCUT2D eigenvalue weighted by atomic mass is 35.5. The molecule has 2 amide bonds.